The van der Waals surface area contributed by atoms with Gasteiger partial charge in [0, 0.05) is 16.9 Å². The lowest BCUT2D eigenvalue weighted by Gasteiger charge is -2.25. The lowest BCUT2D eigenvalue weighted by Crippen LogP contribution is -2.29. The summed E-state index contributed by atoms with van der Waals surface area (Å²) >= 11 is 12.4. The van der Waals surface area contributed by atoms with Gasteiger partial charge in [-0.3, -0.25) is 19.5 Å². The molecule has 1 atom stereocenters. The molecule has 33 heavy (non-hydrogen) atoms. The smallest absolute Gasteiger partial charge is 0.300 e. The minimum atomic E-state index is -0.962. The normalized spacial score (nSPS) is 17.5. The maximum atomic E-state index is 13.3. The van der Waals surface area contributed by atoms with E-state index >= 15 is 0 Å². The van der Waals surface area contributed by atoms with Crippen molar-refractivity contribution in [1.29, 1.82) is 0 Å². The number of ether oxygens (including phenoxy) is 1. The van der Waals surface area contributed by atoms with Crippen molar-refractivity contribution in [3.05, 3.63) is 92.7 Å². The number of rotatable bonds is 4. The molecular weight excluding hydrogens is 463 g/mol. The van der Waals surface area contributed by atoms with Crippen molar-refractivity contribution in [1.82, 2.24) is 4.98 Å². The van der Waals surface area contributed by atoms with Crippen LogP contribution in [0.1, 0.15) is 28.4 Å². The lowest BCUT2D eigenvalue weighted by atomic mass is 9.97. The second kappa shape index (κ2) is 8.89. The van der Waals surface area contributed by atoms with Crippen LogP contribution in [0, 0.1) is 13.8 Å². The van der Waals surface area contributed by atoms with Gasteiger partial charge in [0.05, 0.1) is 29.0 Å². The molecule has 1 aliphatic heterocycles. The Morgan fingerprint density at radius 2 is 1.82 bits per heavy atom. The van der Waals surface area contributed by atoms with E-state index in [1.54, 1.807) is 30.5 Å². The number of carbonyl (C=O) groups excluding carboxylic acids is 2. The van der Waals surface area contributed by atoms with Gasteiger partial charge in [0.2, 0.25) is 0 Å². The average Bonchev–Trinajstić information content (AvgIpc) is 3.06. The van der Waals surface area contributed by atoms with Gasteiger partial charge >= 0.3 is 0 Å². The highest BCUT2D eigenvalue weighted by Crippen LogP contribution is 2.44. The molecule has 8 heteroatoms. The average molecular weight is 483 g/mol. The van der Waals surface area contributed by atoms with Gasteiger partial charge in [0.1, 0.15) is 17.6 Å². The summed E-state index contributed by atoms with van der Waals surface area (Å²) in [6.45, 7) is 3.88. The number of aliphatic hydroxyl groups excluding tert-OH is 1. The second-order valence-corrected chi connectivity index (χ2v) is 8.50. The molecule has 168 valence electrons. The summed E-state index contributed by atoms with van der Waals surface area (Å²) < 4.78 is 5.35. The topological polar surface area (TPSA) is 79.7 Å². The molecule has 0 aliphatic carbocycles. The van der Waals surface area contributed by atoms with Crippen molar-refractivity contribution in [2.24, 2.45) is 0 Å². The van der Waals surface area contributed by atoms with Crippen LogP contribution in [-0.2, 0) is 9.59 Å². The highest BCUT2D eigenvalue weighted by Gasteiger charge is 2.48. The van der Waals surface area contributed by atoms with Crippen LogP contribution in [0.2, 0.25) is 10.0 Å². The van der Waals surface area contributed by atoms with Gasteiger partial charge in [-0.25, -0.2) is 0 Å². The molecular formula is C25H20Cl2N2O4. The Hall–Kier alpha value is -3.35. The highest BCUT2D eigenvalue weighted by molar-refractivity contribution is 6.51. The fourth-order valence-electron chi connectivity index (χ4n) is 3.88. The van der Waals surface area contributed by atoms with E-state index in [1.165, 1.54) is 24.1 Å². The van der Waals surface area contributed by atoms with Crippen LogP contribution in [0.5, 0.6) is 5.75 Å². The molecule has 2 aromatic carbocycles. The summed E-state index contributed by atoms with van der Waals surface area (Å²) in [4.78, 5) is 32.2. The zero-order chi connectivity index (χ0) is 23.9. The van der Waals surface area contributed by atoms with Gasteiger partial charge < -0.3 is 9.84 Å². The first-order chi connectivity index (χ1) is 15.7. The van der Waals surface area contributed by atoms with Crippen LogP contribution >= 0.6 is 23.2 Å². The van der Waals surface area contributed by atoms with E-state index < -0.39 is 23.5 Å². The number of anilines is 1. The van der Waals surface area contributed by atoms with E-state index in [0.717, 1.165) is 11.1 Å². The van der Waals surface area contributed by atoms with Crippen molar-refractivity contribution < 1.29 is 19.4 Å². The van der Waals surface area contributed by atoms with Gasteiger partial charge in [-0.05, 0) is 61.4 Å². The van der Waals surface area contributed by atoms with Crippen molar-refractivity contribution in [2.75, 3.05) is 12.0 Å². The number of halogens is 2. The molecule has 1 amide bonds. The van der Waals surface area contributed by atoms with Crippen LogP contribution < -0.4 is 9.64 Å². The lowest BCUT2D eigenvalue weighted by molar-refractivity contribution is -0.132. The van der Waals surface area contributed by atoms with Crippen LogP contribution in [0.15, 0.2) is 60.3 Å². The van der Waals surface area contributed by atoms with Crippen LogP contribution in [0.3, 0.4) is 0 Å². The minimum absolute atomic E-state index is 0.106. The zero-order valence-corrected chi connectivity index (χ0v) is 19.6. The summed E-state index contributed by atoms with van der Waals surface area (Å²) in [6.07, 6.45) is 1.56. The number of nitrogens with zero attached hydrogens (tertiary/aromatic N) is 2. The number of hydrogen-bond donors (Lipinski definition) is 1. The minimum Gasteiger partial charge on any atom is -0.507 e. The van der Waals surface area contributed by atoms with Gasteiger partial charge in [-0.1, -0.05) is 35.3 Å². The summed E-state index contributed by atoms with van der Waals surface area (Å²) in [7, 11) is 1.38. The predicted molar refractivity (Wildman–Crippen MR) is 128 cm³/mol. The summed E-state index contributed by atoms with van der Waals surface area (Å²) in [5.41, 5.74) is 2.91. The van der Waals surface area contributed by atoms with Gasteiger partial charge in [0.15, 0.2) is 0 Å². The Morgan fingerprint density at radius 3 is 2.45 bits per heavy atom. The molecule has 1 aliphatic rings. The van der Waals surface area contributed by atoms with E-state index in [0.29, 0.717) is 11.4 Å². The number of aryl methyl sites for hydroxylation is 2. The van der Waals surface area contributed by atoms with E-state index in [-0.39, 0.29) is 26.9 Å². The fraction of sp³-hybridized carbons (Fsp3) is 0.160. The number of aromatic nitrogens is 1. The molecule has 1 aromatic heterocycles. The molecule has 0 saturated carbocycles. The summed E-state index contributed by atoms with van der Waals surface area (Å²) in [5, 5.41) is 11.7. The Kier molecular flexibility index (Phi) is 6.15. The van der Waals surface area contributed by atoms with Crippen LogP contribution in [-0.4, -0.2) is 28.9 Å². The zero-order valence-electron chi connectivity index (χ0n) is 18.1. The maximum Gasteiger partial charge on any atom is 0.300 e. The molecule has 0 spiro atoms. The summed E-state index contributed by atoms with van der Waals surface area (Å²) in [5.74, 6) is -1.94. The number of ketones is 1. The third kappa shape index (κ3) is 3.96. The van der Waals surface area contributed by atoms with Gasteiger partial charge in [0.25, 0.3) is 11.7 Å². The first kappa shape index (κ1) is 22.8. The molecule has 1 saturated heterocycles. The van der Waals surface area contributed by atoms with Crippen molar-refractivity contribution >= 4 is 46.3 Å². The van der Waals surface area contributed by atoms with Crippen LogP contribution in [0.4, 0.5) is 5.69 Å². The predicted octanol–water partition coefficient (Wildman–Crippen LogP) is 5.64. The molecule has 2 heterocycles. The Bertz CT molecular complexity index is 1310. The molecule has 0 bridgehead atoms. The number of Topliss-reactive ketones (excluding diaryl/α,β-unsaturated/α-hetero) is 1. The number of aliphatic hydroxyl groups is 1. The van der Waals surface area contributed by atoms with E-state index in [4.69, 9.17) is 27.9 Å². The Morgan fingerprint density at radius 1 is 1.06 bits per heavy atom. The quantitative estimate of drug-likeness (QED) is 0.295. The third-order valence-electron chi connectivity index (χ3n) is 5.65. The number of methoxy groups -OCH3 is 1. The molecule has 1 N–H and O–H groups in total. The first-order valence-corrected chi connectivity index (χ1v) is 10.8. The highest BCUT2D eigenvalue weighted by atomic mass is 35.5. The van der Waals surface area contributed by atoms with Gasteiger partial charge in [-0.2, -0.15) is 0 Å². The Balaban J connectivity index is 2.00. The monoisotopic (exact) mass is 482 g/mol. The van der Waals surface area contributed by atoms with Crippen molar-refractivity contribution in [2.45, 2.75) is 19.9 Å². The molecule has 6 nitrogen and oxygen atoms in total. The molecule has 0 radical (unpaired) electrons. The fourth-order valence-corrected chi connectivity index (χ4v) is 4.45. The maximum absolute atomic E-state index is 13.3. The largest absolute Gasteiger partial charge is 0.507 e. The van der Waals surface area contributed by atoms with E-state index in [9.17, 15) is 14.7 Å². The molecule has 1 unspecified atom stereocenters. The SMILES string of the molecule is COc1c(Cl)cc(Cl)cc1/C(O)=C1\C(=O)C(=O)N(c2ccc(C)c(C)c2)C1c1ccccn1. The second-order valence-electron chi connectivity index (χ2n) is 7.66. The Labute approximate surface area is 201 Å². The summed E-state index contributed by atoms with van der Waals surface area (Å²) in [6, 6.07) is 12.6. The number of benzene rings is 2. The van der Waals surface area contributed by atoms with Crippen molar-refractivity contribution in [3.8, 4) is 5.75 Å². The van der Waals surface area contributed by atoms with E-state index in [2.05, 4.69) is 4.98 Å². The number of pyridine rings is 1. The number of carbonyl (C=O) groups is 2. The number of amides is 1. The standard InChI is InChI=1S/C25H20Cl2N2O4/c1-13-7-8-16(10-14(13)2)29-21(19-6-4-5-9-28-19)20(23(31)25(29)32)22(30)17-11-15(26)12-18(27)24(17)33-3/h4-12,21,30H,1-3H3/b22-20+. The van der Waals surface area contributed by atoms with E-state index in [1.807, 2.05) is 26.0 Å². The van der Waals surface area contributed by atoms with Crippen LogP contribution in [0.25, 0.3) is 5.76 Å². The molecule has 3 aromatic rings. The molecule has 1 fully saturated rings. The molecule has 4 rings (SSSR count). The van der Waals surface area contributed by atoms with Gasteiger partial charge in [-0.15, -0.1) is 0 Å². The third-order valence-corrected chi connectivity index (χ3v) is 6.15. The first-order valence-electron chi connectivity index (χ1n) is 10.1. The number of hydrogen-bond acceptors (Lipinski definition) is 5. The van der Waals surface area contributed by atoms with Crippen molar-refractivity contribution in [3.63, 3.8) is 0 Å².